The van der Waals surface area contributed by atoms with Gasteiger partial charge in [-0.25, -0.2) is 0 Å². The van der Waals surface area contributed by atoms with E-state index in [-0.39, 0.29) is 24.6 Å². The molecular weight excluding hydrogens is 403 g/mol. The van der Waals surface area contributed by atoms with Gasteiger partial charge in [-0.05, 0) is 46.9 Å². The third kappa shape index (κ3) is 3.00. The summed E-state index contributed by atoms with van der Waals surface area (Å²) in [6.45, 7) is -0.311. The van der Waals surface area contributed by atoms with Gasteiger partial charge >= 0.3 is 12.1 Å². The number of nitrogens with zero attached hydrogens (tertiary/aromatic N) is 1. The molecule has 1 aliphatic heterocycles. The molecule has 0 spiro atoms. The molecule has 160 valence electrons. The standard InChI is InChI=1S/C21H20F3NO5/c1-28-14-5-10-4-11-8-25(20(27)21(22,23)24)9-12-6-16(30-3)19(26)18(17(11)12)13(10)7-15(14)29-2/h5-7,11,26H,4,8-9H2,1-3H3. The van der Waals surface area contributed by atoms with Gasteiger partial charge in [0, 0.05) is 24.6 Å². The molecule has 2 aromatic rings. The van der Waals surface area contributed by atoms with E-state index in [2.05, 4.69) is 0 Å². The number of aromatic hydroxyl groups is 1. The fraction of sp³-hybridized carbons (Fsp3) is 0.381. The molecule has 6 nitrogen and oxygen atoms in total. The molecule has 0 fully saturated rings. The topological polar surface area (TPSA) is 68.2 Å². The highest BCUT2D eigenvalue weighted by atomic mass is 19.4. The molecule has 0 saturated heterocycles. The number of ether oxygens (including phenoxy) is 3. The molecule has 1 unspecified atom stereocenters. The largest absolute Gasteiger partial charge is 0.504 e. The lowest BCUT2D eigenvalue weighted by molar-refractivity contribution is -0.186. The van der Waals surface area contributed by atoms with Crippen LogP contribution in [-0.2, 0) is 17.8 Å². The number of carbonyl (C=O) groups is 1. The van der Waals surface area contributed by atoms with Gasteiger partial charge in [-0.3, -0.25) is 4.79 Å². The first-order valence-electron chi connectivity index (χ1n) is 9.23. The summed E-state index contributed by atoms with van der Waals surface area (Å²) >= 11 is 0. The van der Waals surface area contributed by atoms with Crippen molar-refractivity contribution < 1.29 is 37.3 Å². The summed E-state index contributed by atoms with van der Waals surface area (Å²) in [5.74, 6) is -1.30. The van der Waals surface area contributed by atoms with Gasteiger partial charge in [-0.1, -0.05) is 0 Å². The number of benzene rings is 2. The Labute approximate surface area is 170 Å². The van der Waals surface area contributed by atoms with Gasteiger partial charge in [0.15, 0.2) is 23.0 Å². The van der Waals surface area contributed by atoms with E-state index in [0.29, 0.717) is 34.6 Å². The number of methoxy groups -OCH3 is 3. The zero-order valence-electron chi connectivity index (χ0n) is 16.6. The van der Waals surface area contributed by atoms with Crippen LogP contribution in [0.25, 0.3) is 11.1 Å². The van der Waals surface area contributed by atoms with Crippen molar-refractivity contribution in [3.05, 3.63) is 34.9 Å². The van der Waals surface area contributed by atoms with Gasteiger partial charge in [0.1, 0.15) is 0 Å². The number of carbonyl (C=O) groups excluding carboxylic acids is 1. The highest BCUT2D eigenvalue weighted by molar-refractivity contribution is 5.86. The van der Waals surface area contributed by atoms with E-state index in [1.54, 1.807) is 12.1 Å². The van der Waals surface area contributed by atoms with Crippen molar-refractivity contribution in [3.8, 4) is 34.1 Å². The summed E-state index contributed by atoms with van der Waals surface area (Å²) in [7, 11) is 4.35. The van der Waals surface area contributed by atoms with E-state index >= 15 is 0 Å². The molecule has 0 saturated carbocycles. The van der Waals surface area contributed by atoms with Crippen LogP contribution in [0.2, 0.25) is 0 Å². The minimum absolute atomic E-state index is 0.0926. The maximum Gasteiger partial charge on any atom is 0.471 e. The van der Waals surface area contributed by atoms with E-state index in [9.17, 15) is 23.1 Å². The van der Waals surface area contributed by atoms with Gasteiger partial charge in [-0.2, -0.15) is 13.2 Å². The number of hydrogen-bond donors (Lipinski definition) is 1. The molecule has 0 aromatic heterocycles. The van der Waals surface area contributed by atoms with Crippen molar-refractivity contribution in [3.63, 3.8) is 0 Å². The van der Waals surface area contributed by atoms with Crippen molar-refractivity contribution in [2.24, 2.45) is 0 Å². The van der Waals surface area contributed by atoms with E-state index < -0.39 is 18.0 Å². The van der Waals surface area contributed by atoms with E-state index in [0.717, 1.165) is 16.0 Å². The summed E-state index contributed by atoms with van der Waals surface area (Å²) in [5.41, 5.74) is 3.23. The van der Waals surface area contributed by atoms with Gasteiger partial charge in [0.05, 0.1) is 21.3 Å². The predicted octanol–water partition coefficient (Wildman–Crippen LogP) is 3.63. The van der Waals surface area contributed by atoms with Gasteiger partial charge in [-0.15, -0.1) is 0 Å². The van der Waals surface area contributed by atoms with Crippen molar-refractivity contribution in [2.45, 2.75) is 25.1 Å². The molecule has 0 bridgehead atoms. The van der Waals surface area contributed by atoms with E-state index in [4.69, 9.17) is 14.2 Å². The predicted molar refractivity (Wildman–Crippen MR) is 101 cm³/mol. The Balaban J connectivity index is 1.93. The number of amides is 1. The number of phenolic OH excluding ortho intramolecular Hbond substituents is 1. The summed E-state index contributed by atoms with van der Waals surface area (Å²) in [6.07, 6.45) is -4.56. The first-order chi connectivity index (χ1) is 14.2. The number of phenols is 1. The zero-order valence-corrected chi connectivity index (χ0v) is 16.6. The number of rotatable bonds is 3. The fourth-order valence-electron chi connectivity index (χ4n) is 4.46. The average Bonchev–Trinajstić information content (AvgIpc) is 2.72. The van der Waals surface area contributed by atoms with Crippen molar-refractivity contribution in [1.29, 1.82) is 0 Å². The van der Waals surface area contributed by atoms with Crippen LogP contribution in [0.5, 0.6) is 23.0 Å². The minimum Gasteiger partial charge on any atom is -0.504 e. The first kappa shape index (κ1) is 20.2. The van der Waals surface area contributed by atoms with E-state index in [1.165, 1.54) is 27.4 Å². The molecule has 1 atom stereocenters. The SMILES string of the molecule is COc1cc2c(cc1OC)-c1c(O)c(OC)cc3c1C(C2)CN(C(=O)C(F)(F)F)C3. The smallest absolute Gasteiger partial charge is 0.471 e. The van der Waals surface area contributed by atoms with Gasteiger partial charge in [0.25, 0.3) is 0 Å². The van der Waals surface area contributed by atoms with Crippen LogP contribution in [-0.4, -0.2) is 50.0 Å². The second-order valence-electron chi connectivity index (χ2n) is 7.32. The van der Waals surface area contributed by atoms with Gasteiger partial charge < -0.3 is 24.2 Å². The summed E-state index contributed by atoms with van der Waals surface area (Å²) in [5, 5.41) is 10.9. The molecule has 9 heteroatoms. The zero-order chi connectivity index (χ0) is 21.8. The molecule has 1 N–H and O–H groups in total. The first-order valence-corrected chi connectivity index (χ1v) is 9.23. The van der Waals surface area contributed by atoms with Crippen LogP contribution in [0.4, 0.5) is 13.2 Å². The molecular formula is C21H20F3NO5. The quantitative estimate of drug-likeness (QED) is 0.817. The maximum absolute atomic E-state index is 13.1. The molecule has 1 heterocycles. The van der Waals surface area contributed by atoms with Crippen molar-refractivity contribution >= 4 is 5.91 Å². The number of halogens is 3. The summed E-state index contributed by atoms with van der Waals surface area (Å²) < 4.78 is 55.2. The summed E-state index contributed by atoms with van der Waals surface area (Å²) in [4.78, 5) is 12.7. The van der Waals surface area contributed by atoms with Crippen LogP contribution >= 0.6 is 0 Å². The lowest BCUT2D eigenvalue weighted by atomic mass is 9.74. The minimum atomic E-state index is -4.95. The number of alkyl halides is 3. The average molecular weight is 423 g/mol. The van der Waals surface area contributed by atoms with Crippen molar-refractivity contribution in [1.82, 2.24) is 4.90 Å². The Hall–Kier alpha value is -3.10. The lowest BCUT2D eigenvalue weighted by Gasteiger charge is -2.40. The Morgan fingerprint density at radius 3 is 2.23 bits per heavy atom. The van der Waals surface area contributed by atoms with Crippen LogP contribution in [0.15, 0.2) is 18.2 Å². The number of hydrogen-bond acceptors (Lipinski definition) is 5. The van der Waals surface area contributed by atoms with Crippen LogP contribution in [0.3, 0.4) is 0 Å². The molecule has 1 aliphatic carbocycles. The second-order valence-corrected chi connectivity index (χ2v) is 7.32. The van der Waals surface area contributed by atoms with E-state index in [1.807, 2.05) is 0 Å². The lowest BCUT2D eigenvalue weighted by Crippen LogP contribution is -2.46. The van der Waals surface area contributed by atoms with Gasteiger partial charge in [0.2, 0.25) is 0 Å². The second kappa shape index (κ2) is 7.00. The molecule has 30 heavy (non-hydrogen) atoms. The third-order valence-electron chi connectivity index (χ3n) is 5.70. The Bertz CT molecular complexity index is 1030. The molecule has 2 aromatic carbocycles. The molecule has 4 rings (SSSR count). The Morgan fingerprint density at radius 1 is 1.03 bits per heavy atom. The normalized spacial score (nSPS) is 17.1. The van der Waals surface area contributed by atoms with Crippen molar-refractivity contribution in [2.75, 3.05) is 27.9 Å². The van der Waals surface area contributed by atoms with Crippen LogP contribution < -0.4 is 14.2 Å². The molecule has 0 radical (unpaired) electrons. The molecule has 2 aliphatic rings. The van der Waals surface area contributed by atoms with Crippen LogP contribution in [0, 0.1) is 0 Å². The fourth-order valence-corrected chi connectivity index (χ4v) is 4.46. The maximum atomic E-state index is 13.1. The Kier molecular flexibility index (Phi) is 4.71. The highest BCUT2D eigenvalue weighted by Gasteiger charge is 2.46. The Morgan fingerprint density at radius 2 is 1.63 bits per heavy atom. The molecule has 1 amide bonds. The monoisotopic (exact) mass is 423 g/mol. The number of fused-ring (bicyclic) bond motifs is 2. The third-order valence-corrected chi connectivity index (χ3v) is 5.70. The highest BCUT2D eigenvalue weighted by Crippen LogP contribution is 2.53. The summed E-state index contributed by atoms with van der Waals surface area (Å²) in [6, 6.07) is 5.00. The van der Waals surface area contributed by atoms with Crippen LogP contribution in [0.1, 0.15) is 22.6 Å².